The van der Waals surface area contributed by atoms with Crippen molar-refractivity contribution >= 4 is 5.97 Å². The highest BCUT2D eigenvalue weighted by Gasteiger charge is 2.34. The SMILES string of the molecule is CCOC(=O)C1C=CC=C1C(O)C(C)(C)C. The first-order valence-electron chi connectivity index (χ1n) is 5.61. The van der Waals surface area contributed by atoms with E-state index in [4.69, 9.17) is 4.74 Å². The fraction of sp³-hybridized carbons (Fsp3) is 0.615. The van der Waals surface area contributed by atoms with Crippen LogP contribution in [-0.4, -0.2) is 23.8 Å². The molecule has 2 unspecified atom stereocenters. The lowest BCUT2D eigenvalue weighted by atomic mass is 9.81. The van der Waals surface area contributed by atoms with Gasteiger partial charge in [-0.05, 0) is 17.9 Å². The van der Waals surface area contributed by atoms with Gasteiger partial charge in [0.1, 0.15) is 0 Å². The van der Waals surface area contributed by atoms with Crippen LogP contribution in [0.1, 0.15) is 27.7 Å². The van der Waals surface area contributed by atoms with E-state index in [0.717, 1.165) is 5.57 Å². The zero-order valence-corrected chi connectivity index (χ0v) is 10.4. The number of allylic oxidation sites excluding steroid dienone is 2. The number of aliphatic hydroxyl groups excluding tert-OH is 1. The van der Waals surface area contributed by atoms with Gasteiger partial charge in [0.2, 0.25) is 0 Å². The van der Waals surface area contributed by atoms with Crippen molar-refractivity contribution in [2.45, 2.75) is 33.8 Å². The number of carbonyl (C=O) groups excluding carboxylic acids is 1. The predicted octanol–water partition coefficient (Wildman–Crippen LogP) is 2.07. The molecular formula is C13H20O3. The Morgan fingerprint density at radius 1 is 1.56 bits per heavy atom. The van der Waals surface area contributed by atoms with Gasteiger partial charge in [-0.3, -0.25) is 4.79 Å². The highest BCUT2D eigenvalue weighted by atomic mass is 16.5. The summed E-state index contributed by atoms with van der Waals surface area (Å²) < 4.78 is 4.98. The molecule has 3 nitrogen and oxygen atoms in total. The van der Waals surface area contributed by atoms with Crippen molar-refractivity contribution in [3.05, 3.63) is 23.8 Å². The minimum atomic E-state index is -0.628. The minimum absolute atomic E-state index is 0.275. The standard InChI is InChI=1S/C13H20O3/c1-5-16-12(15)10-8-6-7-9(10)11(14)13(2,3)4/h6-8,10-11,14H,5H2,1-4H3. The van der Waals surface area contributed by atoms with Gasteiger partial charge in [0, 0.05) is 0 Å². The van der Waals surface area contributed by atoms with Crippen LogP contribution in [0.25, 0.3) is 0 Å². The van der Waals surface area contributed by atoms with Crippen molar-refractivity contribution in [1.29, 1.82) is 0 Å². The second-order valence-electron chi connectivity index (χ2n) is 5.05. The van der Waals surface area contributed by atoms with E-state index in [0.29, 0.717) is 6.61 Å². The van der Waals surface area contributed by atoms with Gasteiger partial charge in [0.25, 0.3) is 0 Å². The Hall–Kier alpha value is -1.09. The molecule has 16 heavy (non-hydrogen) atoms. The van der Waals surface area contributed by atoms with E-state index < -0.39 is 12.0 Å². The molecule has 0 aromatic rings. The molecule has 3 heteroatoms. The maximum absolute atomic E-state index is 11.7. The molecule has 0 heterocycles. The molecule has 0 saturated heterocycles. The molecule has 1 rings (SSSR count). The van der Waals surface area contributed by atoms with E-state index in [1.807, 2.05) is 20.8 Å². The minimum Gasteiger partial charge on any atom is -0.465 e. The van der Waals surface area contributed by atoms with Gasteiger partial charge >= 0.3 is 5.97 Å². The Balaban J connectivity index is 2.79. The summed E-state index contributed by atoms with van der Waals surface area (Å²) in [5.74, 6) is -0.708. The largest absolute Gasteiger partial charge is 0.465 e. The first kappa shape index (κ1) is 13.0. The summed E-state index contributed by atoms with van der Waals surface area (Å²) in [6.45, 7) is 7.97. The van der Waals surface area contributed by atoms with Crippen molar-refractivity contribution < 1.29 is 14.6 Å². The molecule has 1 aliphatic rings. The number of carbonyl (C=O) groups is 1. The summed E-state index contributed by atoms with van der Waals surface area (Å²) in [7, 11) is 0. The van der Waals surface area contributed by atoms with Crippen LogP contribution < -0.4 is 0 Å². The number of ether oxygens (including phenoxy) is 1. The first-order chi connectivity index (χ1) is 7.38. The second-order valence-corrected chi connectivity index (χ2v) is 5.05. The molecule has 0 aromatic carbocycles. The molecule has 0 fully saturated rings. The van der Waals surface area contributed by atoms with Crippen molar-refractivity contribution in [2.75, 3.05) is 6.61 Å². The van der Waals surface area contributed by atoms with Gasteiger partial charge in [-0.2, -0.15) is 0 Å². The number of aliphatic hydroxyl groups is 1. The van der Waals surface area contributed by atoms with Crippen molar-refractivity contribution in [1.82, 2.24) is 0 Å². The van der Waals surface area contributed by atoms with E-state index in [2.05, 4.69) is 0 Å². The highest BCUT2D eigenvalue weighted by Crippen LogP contribution is 2.33. The first-order valence-corrected chi connectivity index (χ1v) is 5.61. The number of hydrogen-bond donors (Lipinski definition) is 1. The van der Waals surface area contributed by atoms with E-state index in [1.165, 1.54) is 0 Å². The third-order valence-electron chi connectivity index (χ3n) is 2.63. The Morgan fingerprint density at radius 3 is 2.69 bits per heavy atom. The monoisotopic (exact) mass is 224 g/mol. The lowest BCUT2D eigenvalue weighted by Crippen LogP contribution is -2.32. The summed E-state index contributed by atoms with van der Waals surface area (Å²) in [6, 6.07) is 0. The van der Waals surface area contributed by atoms with Gasteiger partial charge < -0.3 is 9.84 Å². The zero-order chi connectivity index (χ0) is 12.3. The maximum Gasteiger partial charge on any atom is 0.317 e. The lowest BCUT2D eigenvalue weighted by molar-refractivity contribution is -0.145. The molecule has 0 saturated carbocycles. The molecule has 1 aliphatic carbocycles. The Bertz CT molecular complexity index is 321. The third-order valence-corrected chi connectivity index (χ3v) is 2.63. The van der Waals surface area contributed by atoms with Gasteiger partial charge in [0.15, 0.2) is 0 Å². The molecule has 0 amide bonds. The zero-order valence-electron chi connectivity index (χ0n) is 10.4. The van der Waals surface area contributed by atoms with Crippen molar-refractivity contribution in [3.8, 4) is 0 Å². The average Bonchev–Trinajstić information content (AvgIpc) is 2.63. The van der Waals surface area contributed by atoms with Crippen LogP contribution in [0.15, 0.2) is 23.8 Å². The normalized spacial score (nSPS) is 21.8. The van der Waals surface area contributed by atoms with E-state index in [9.17, 15) is 9.90 Å². The van der Waals surface area contributed by atoms with E-state index in [1.54, 1.807) is 25.2 Å². The van der Waals surface area contributed by atoms with Crippen LogP contribution in [0, 0.1) is 11.3 Å². The van der Waals surface area contributed by atoms with Crippen LogP contribution in [0.2, 0.25) is 0 Å². The topological polar surface area (TPSA) is 46.5 Å². The number of hydrogen-bond acceptors (Lipinski definition) is 3. The fourth-order valence-electron chi connectivity index (χ4n) is 1.70. The average molecular weight is 224 g/mol. The quantitative estimate of drug-likeness (QED) is 0.746. The Labute approximate surface area is 96.8 Å². The van der Waals surface area contributed by atoms with Crippen LogP contribution in [0.3, 0.4) is 0 Å². The van der Waals surface area contributed by atoms with E-state index in [-0.39, 0.29) is 11.4 Å². The summed E-state index contributed by atoms with van der Waals surface area (Å²) in [5.41, 5.74) is 0.453. The molecule has 90 valence electrons. The maximum atomic E-state index is 11.7. The summed E-state index contributed by atoms with van der Waals surface area (Å²) in [4.78, 5) is 11.7. The Kier molecular flexibility index (Phi) is 3.92. The molecule has 2 atom stereocenters. The number of rotatable bonds is 3. The van der Waals surface area contributed by atoms with Crippen LogP contribution in [0.5, 0.6) is 0 Å². The smallest absolute Gasteiger partial charge is 0.317 e. The van der Waals surface area contributed by atoms with E-state index >= 15 is 0 Å². The molecule has 0 spiro atoms. The van der Waals surface area contributed by atoms with Gasteiger partial charge in [0.05, 0.1) is 18.6 Å². The molecular weight excluding hydrogens is 204 g/mol. The Morgan fingerprint density at radius 2 is 2.19 bits per heavy atom. The van der Waals surface area contributed by atoms with Crippen LogP contribution >= 0.6 is 0 Å². The molecule has 0 aromatic heterocycles. The summed E-state index contributed by atoms with van der Waals surface area (Å²) in [5, 5.41) is 10.2. The van der Waals surface area contributed by atoms with Crippen LogP contribution in [0.4, 0.5) is 0 Å². The molecule has 1 N–H and O–H groups in total. The third kappa shape index (κ3) is 2.73. The van der Waals surface area contributed by atoms with Gasteiger partial charge in [-0.15, -0.1) is 0 Å². The highest BCUT2D eigenvalue weighted by molar-refractivity contribution is 5.79. The lowest BCUT2D eigenvalue weighted by Gasteiger charge is -2.29. The summed E-state index contributed by atoms with van der Waals surface area (Å²) >= 11 is 0. The number of esters is 1. The fourth-order valence-corrected chi connectivity index (χ4v) is 1.70. The second kappa shape index (κ2) is 4.83. The van der Waals surface area contributed by atoms with Gasteiger partial charge in [-0.25, -0.2) is 0 Å². The predicted molar refractivity (Wildman–Crippen MR) is 62.8 cm³/mol. The molecule has 0 aliphatic heterocycles. The van der Waals surface area contributed by atoms with Gasteiger partial charge in [-0.1, -0.05) is 39.0 Å². The molecule has 0 radical (unpaired) electrons. The van der Waals surface area contributed by atoms with Crippen molar-refractivity contribution in [2.24, 2.45) is 11.3 Å². The van der Waals surface area contributed by atoms with Crippen molar-refractivity contribution in [3.63, 3.8) is 0 Å². The summed E-state index contributed by atoms with van der Waals surface area (Å²) in [6.07, 6.45) is 4.74. The molecule has 0 bridgehead atoms. The van der Waals surface area contributed by atoms with Crippen LogP contribution in [-0.2, 0) is 9.53 Å².